The van der Waals surface area contributed by atoms with Gasteiger partial charge in [-0.2, -0.15) is 0 Å². The first kappa shape index (κ1) is 12.8. The Bertz CT molecular complexity index is 847. The Morgan fingerprint density at radius 3 is 2.53 bits per heavy atom. The Morgan fingerprint density at radius 1 is 1.11 bits per heavy atom. The lowest BCUT2D eigenvalue weighted by Crippen LogP contribution is -2.00. The number of H-pyrrole nitrogens is 2. The van der Waals surface area contributed by atoms with Crippen LogP contribution in [0.3, 0.4) is 0 Å². The first-order valence-electron chi connectivity index (χ1n) is 5.26. The summed E-state index contributed by atoms with van der Waals surface area (Å²) in [6.07, 6.45) is 0. The number of ketones is 1. The number of rotatable bonds is 2. The molecule has 2 N–H and O–H groups in total. The molecule has 1 aromatic carbocycles. The molecule has 0 atom stereocenters. The minimum absolute atomic E-state index is 0.0854. The number of hydrogen-bond acceptors (Lipinski definition) is 3. The number of halogens is 2. The Morgan fingerprint density at radius 2 is 1.84 bits per heavy atom. The molecule has 0 fully saturated rings. The molecule has 0 aliphatic carbocycles. The van der Waals surface area contributed by atoms with E-state index < -0.39 is 0 Å². The number of nitrogens with one attached hydrogen (secondary N) is 2. The van der Waals surface area contributed by atoms with Crippen LogP contribution >= 0.6 is 43.2 Å². The van der Waals surface area contributed by atoms with E-state index in [4.69, 9.17) is 0 Å². The minimum atomic E-state index is -0.279. The highest BCUT2D eigenvalue weighted by Crippen LogP contribution is 2.33. The van der Waals surface area contributed by atoms with Crippen molar-refractivity contribution < 1.29 is 4.79 Å². The summed E-state index contributed by atoms with van der Waals surface area (Å²) in [5.74, 6) is -0.0854. The number of fused-ring (bicyclic) bond motifs is 1. The molecule has 0 saturated heterocycles. The molecule has 0 aliphatic heterocycles. The third-order valence-corrected chi connectivity index (χ3v) is 5.02. The maximum Gasteiger partial charge on any atom is 0.323 e. The predicted octanol–water partition coefficient (Wildman–Crippen LogP) is 3.67. The van der Waals surface area contributed by atoms with Crippen LogP contribution in [0.5, 0.6) is 0 Å². The zero-order chi connectivity index (χ0) is 13.6. The Hall–Kier alpha value is -1.18. The Labute approximate surface area is 128 Å². The molecule has 2 heterocycles. The number of aromatic nitrogens is 2. The summed E-state index contributed by atoms with van der Waals surface area (Å²) in [7, 11) is 0. The average Bonchev–Trinajstić information content (AvgIpc) is 2.88. The molecule has 7 heteroatoms. The quantitative estimate of drug-likeness (QED) is 0.643. The maximum absolute atomic E-state index is 12.4. The van der Waals surface area contributed by atoms with Crippen LogP contribution < -0.4 is 5.69 Å². The normalized spacial score (nSPS) is 11.1. The fourth-order valence-electron chi connectivity index (χ4n) is 1.82. The van der Waals surface area contributed by atoms with Crippen LogP contribution in [-0.2, 0) is 0 Å². The van der Waals surface area contributed by atoms with E-state index in [2.05, 4.69) is 41.8 Å². The standard InChI is InChI=1S/C12H6Br2N2O2S/c13-9-4-6(11(14)19-9)10(17)5-1-2-7-8(3-5)16-12(18)15-7/h1-4H,(H2,15,16,18). The summed E-state index contributed by atoms with van der Waals surface area (Å²) in [5, 5.41) is 0. The second kappa shape index (κ2) is 4.73. The van der Waals surface area contributed by atoms with Crippen molar-refractivity contribution >= 4 is 60.0 Å². The van der Waals surface area contributed by atoms with E-state index in [1.807, 2.05) is 0 Å². The Balaban J connectivity index is 2.10. The van der Waals surface area contributed by atoms with Gasteiger partial charge in [-0.25, -0.2) is 4.79 Å². The highest BCUT2D eigenvalue weighted by molar-refractivity contribution is 9.12. The van der Waals surface area contributed by atoms with Crippen LogP contribution in [0.25, 0.3) is 11.0 Å². The van der Waals surface area contributed by atoms with Gasteiger partial charge < -0.3 is 9.97 Å². The third kappa shape index (κ3) is 2.33. The van der Waals surface area contributed by atoms with Crippen molar-refractivity contribution in [3.8, 4) is 0 Å². The number of benzene rings is 1. The second-order valence-electron chi connectivity index (χ2n) is 3.91. The van der Waals surface area contributed by atoms with Crippen LogP contribution in [0.2, 0.25) is 0 Å². The van der Waals surface area contributed by atoms with E-state index in [9.17, 15) is 9.59 Å². The van der Waals surface area contributed by atoms with E-state index in [1.54, 1.807) is 24.3 Å². The zero-order valence-electron chi connectivity index (χ0n) is 9.29. The summed E-state index contributed by atoms with van der Waals surface area (Å²) in [5.41, 5.74) is 2.18. The Kier molecular flexibility index (Phi) is 3.20. The molecule has 4 nitrogen and oxygen atoms in total. The SMILES string of the molecule is O=C(c1ccc2[nH]c(=O)[nH]c2c1)c1cc(Br)sc1Br. The number of aromatic amines is 2. The van der Waals surface area contributed by atoms with Gasteiger partial charge in [-0.15, -0.1) is 11.3 Å². The molecular formula is C12H6Br2N2O2S. The first-order chi connectivity index (χ1) is 9.04. The van der Waals surface area contributed by atoms with Gasteiger partial charge in [0.25, 0.3) is 0 Å². The van der Waals surface area contributed by atoms with Crippen LogP contribution in [0.1, 0.15) is 15.9 Å². The van der Waals surface area contributed by atoms with Gasteiger partial charge in [0.15, 0.2) is 5.78 Å². The van der Waals surface area contributed by atoms with Crippen molar-refractivity contribution in [3.05, 3.63) is 53.4 Å². The van der Waals surface area contributed by atoms with Gasteiger partial charge in [0.1, 0.15) is 0 Å². The van der Waals surface area contributed by atoms with Crippen LogP contribution in [0.4, 0.5) is 0 Å². The molecule has 0 spiro atoms. The number of thiophene rings is 1. The molecule has 0 amide bonds. The van der Waals surface area contributed by atoms with Gasteiger partial charge in [0.2, 0.25) is 0 Å². The van der Waals surface area contributed by atoms with Crippen molar-refractivity contribution in [3.63, 3.8) is 0 Å². The van der Waals surface area contributed by atoms with E-state index in [-0.39, 0.29) is 11.5 Å². The molecule has 19 heavy (non-hydrogen) atoms. The fraction of sp³-hybridized carbons (Fsp3) is 0. The smallest absolute Gasteiger partial charge is 0.306 e. The van der Waals surface area contributed by atoms with Crippen molar-refractivity contribution in [2.45, 2.75) is 0 Å². The molecule has 0 unspecified atom stereocenters. The number of carbonyl (C=O) groups excluding carboxylic acids is 1. The lowest BCUT2D eigenvalue weighted by atomic mass is 10.1. The van der Waals surface area contributed by atoms with E-state index in [1.165, 1.54) is 11.3 Å². The number of carbonyl (C=O) groups is 1. The van der Waals surface area contributed by atoms with Crippen molar-refractivity contribution in [1.29, 1.82) is 0 Å². The molecule has 3 aromatic rings. The fourth-order valence-corrected chi connectivity index (χ4v) is 4.62. The summed E-state index contributed by atoms with van der Waals surface area (Å²) in [4.78, 5) is 28.9. The van der Waals surface area contributed by atoms with Gasteiger partial charge in [0.05, 0.1) is 18.6 Å². The van der Waals surface area contributed by atoms with E-state index in [0.29, 0.717) is 22.2 Å². The summed E-state index contributed by atoms with van der Waals surface area (Å²) < 4.78 is 1.67. The van der Waals surface area contributed by atoms with Gasteiger partial charge in [-0.3, -0.25) is 4.79 Å². The molecule has 0 radical (unpaired) electrons. The van der Waals surface area contributed by atoms with Crippen LogP contribution in [-0.4, -0.2) is 15.8 Å². The molecule has 2 aromatic heterocycles. The van der Waals surface area contributed by atoms with Gasteiger partial charge in [-0.05, 0) is 56.1 Å². The molecule has 0 aliphatic rings. The highest BCUT2D eigenvalue weighted by Gasteiger charge is 2.16. The third-order valence-electron chi connectivity index (χ3n) is 2.68. The van der Waals surface area contributed by atoms with Crippen molar-refractivity contribution in [1.82, 2.24) is 9.97 Å². The van der Waals surface area contributed by atoms with Gasteiger partial charge in [0, 0.05) is 11.1 Å². The molecule has 96 valence electrons. The maximum atomic E-state index is 12.4. The van der Waals surface area contributed by atoms with E-state index >= 15 is 0 Å². The second-order valence-corrected chi connectivity index (χ2v) is 7.66. The first-order valence-corrected chi connectivity index (χ1v) is 7.66. The monoisotopic (exact) mass is 400 g/mol. The van der Waals surface area contributed by atoms with Gasteiger partial charge in [-0.1, -0.05) is 0 Å². The van der Waals surface area contributed by atoms with Crippen molar-refractivity contribution in [2.24, 2.45) is 0 Å². The molecule has 0 bridgehead atoms. The molecule has 0 saturated carbocycles. The van der Waals surface area contributed by atoms with Crippen molar-refractivity contribution in [2.75, 3.05) is 0 Å². The van der Waals surface area contributed by atoms with E-state index in [0.717, 1.165) is 7.57 Å². The van der Waals surface area contributed by atoms with Gasteiger partial charge >= 0.3 is 5.69 Å². The summed E-state index contributed by atoms with van der Waals surface area (Å²) in [6, 6.07) is 6.87. The number of imidazole rings is 1. The molecular weight excluding hydrogens is 396 g/mol. The topological polar surface area (TPSA) is 65.7 Å². The van der Waals surface area contributed by atoms with Crippen LogP contribution in [0, 0.1) is 0 Å². The average molecular weight is 402 g/mol. The zero-order valence-corrected chi connectivity index (χ0v) is 13.3. The number of hydrogen-bond donors (Lipinski definition) is 2. The minimum Gasteiger partial charge on any atom is -0.306 e. The van der Waals surface area contributed by atoms with Crippen LogP contribution in [0.15, 0.2) is 36.6 Å². The lowest BCUT2D eigenvalue weighted by Gasteiger charge is -1.99. The molecule has 3 rings (SSSR count). The largest absolute Gasteiger partial charge is 0.323 e. The summed E-state index contributed by atoms with van der Waals surface area (Å²) >= 11 is 8.17. The predicted molar refractivity (Wildman–Crippen MR) is 82.1 cm³/mol. The highest BCUT2D eigenvalue weighted by atomic mass is 79.9. The lowest BCUT2D eigenvalue weighted by molar-refractivity contribution is 0.103. The summed E-state index contributed by atoms with van der Waals surface area (Å²) in [6.45, 7) is 0.